The molecule has 2 heterocycles. The highest BCUT2D eigenvalue weighted by atomic mass is 32.1. The summed E-state index contributed by atoms with van der Waals surface area (Å²) in [5.41, 5.74) is 2.20. The van der Waals surface area contributed by atoms with Crippen LogP contribution in [0.1, 0.15) is 0 Å². The number of nitrogens with one attached hydrogen (secondary N) is 1. The Balaban J connectivity index is 2.37. The number of halogens is 1. The van der Waals surface area contributed by atoms with Crippen LogP contribution in [-0.4, -0.2) is 14.5 Å². The fourth-order valence-corrected chi connectivity index (χ4v) is 2.10. The molecule has 17 heavy (non-hydrogen) atoms. The van der Waals surface area contributed by atoms with Gasteiger partial charge in [-0.3, -0.25) is 4.57 Å². The molecule has 0 aliphatic rings. The first kappa shape index (κ1) is 10.2. The fraction of sp³-hybridized carbons (Fsp3) is 0. The smallest absolute Gasteiger partial charge is 0.183 e. The molecule has 2 aromatic heterocycles. The van der Waals surface area contributed by atoms with Crippen LogP contribution in [0.5, 0.6) is 0 Å². The second-order valence-corrected chi connectivity index (χ2v) is 4.01. The van der Waals surface area contributed by atoms with Crippen LogP contribution in [0.4, 0.5) is 4.39 Å². The van der Waals surface area contributed by atoms with E-state index in [0.29, 0.717) is 16.1 Å². The minimum absolute atomic E-state index is 0.297. The van der Waals surface area contributed by atoms with Gasteiger partial charge in [-0.25, -0.2) is 9.37 Å². The summed E-state index contributed by atoms with van der Waals surface area (Å²) in [6, 6.07) is 9.97. The van der Waals surface area contributed by atoms with E-state index < -0.39 is 0 Å². The molecule has 84 valence electrons. The lowest BCUT2D eigenvalue weighted by atomic mass is 10.3. The molecule has 0 radical (unpaired) electrons. The predicted molar refractivity (Wildman–Crippen MR) is 66.2 cm³/mol. The lowest BCUT2D eigenvalue weighted by Crippen LogP contribution is -1.95. The normalized spacial score (nSPS) is 10.9. The molecule has 0 spiro atoms. The van der Waals surface area contributed by atoms with Gasteiger partial charge in [-0.05, 0) is 42.5 Å². The number of H-pyrrole nitrogens is 1. The quantitative estimate of drug-likeness (QED) is 0.668. The van der Waals surface area contributed by atoms with E-state index in [9.17, 15) is 4.39 Å². The van der Waals surface area contributed by atoms with Crippen LogP contribution in [0.3, 0.4) is 0 Å². The lowest BCUT2D eigenvalue weighted by Gasteiger charge is -2.03. The maximum absolute atomic E-state index is 13.2. The summed E-state index contributed by atoms with van der Waals surface area (Å²) in [7, 11) is 0. The number of aromatic amines is 1. The summed E-state index contributed by atoms with van der Waals surface area (Å²) in [6.07, 6.45) is 1.68. The van der Waals surface area contributed by atoms with E-state index in [2.05, 4.69) is 9.97 Å². The van der Waals surface area contributed by atoms with Crippen LogP contribution in [0.2, 0.25) is 0 Å². The van der Waals surface area contributed by atoms with E-state index in [-0.39, 0.29) is 5.82 Å². The van der Waals surface area contributed by atoms with Gasteiger partial charge in [0.05, 0.1) is 11.2 Å². The van der Waals surface area contributed by atoms with Crippen molar-refractivity contribution in [3.8, 4) is 5.69 Å². The lowest BCUT2D eigenvalue weighted by molar-refractivity contribution is 0.626. The van der Waals surface area contributed by atoms with Crippen LogP contribution >= 0.6 is 12.2 Å². The predicted octanol–water partition coefficient (Wildman–Crippen LogP) is 3.22. The number of aromatic nitrogens is 3. The highest BCUT2D eigenvalue weighted by Gasteiger charge is 2.07. The Bertz CT molecular complexity index is 745. The minimum Gasteiger partial charge on any atom is -0.329 e. The first-order chi connectivity index (χ1) is 8.25. The summed E-state index contributed by atoms with van der Waals surface area (Å²) in [5.74, 6) is -0.297. The third-order valence-electron chi connectivity index (χ3n) is 2.51. The van der Waals surface area contributed by atoms with Gasteiger partial charge >= 0.3 is 0 Å². The molecule has 5 heteroatoms. The average Bonchev–Trinajstić information content (AvgIpc) is 2.64. The molecule has 0 aliphatic heterocycles. The zero-order valence-electron chi connectivity index (χ0n) is 8.72. The number of fused-ring (bicyclic) bond motifs is 1. The van der Waals surface area contributed by atoms with Crippen LogP contribution in [0.15, 0.2) is 42.6 Å². The first-order valence-corrected chi connectivity index (χ1v) is 5.48. The van der Waals surface area contributed by atoms with E-state index in [1.54, 1.807) is 22.9 Å². The number of benzene rings is 1. The van der Waals surface area contributed by atoms with Gasteiger partial charge in [0.1, 0.15) is 5.82 Å². The summed E-state index contributed by atoms with van der Waals surface area (Å²) in [6.45, 7) is 0. The van der Waals surface area contributed by atoms with E-state index in [1.807, 2.05) is 12.1 Å². The summed E-state index contributed by atoms with van der Waals surface area (Å²) >= 11 is 5.22. The molecule has 3 nitrogen and oxygen atoms in total. The molecule has 0 unspecified atom stereocenters. The van der Waals surface area contributed by atoms with Crippen molar-refractivity contribution in [3.05, 3.63) is 53.2 Å². The van der Waals surface area contributed by atoms with Gasteiger partial charge in [-0.2, -0.15) is 0 Å². The molecule has 0 fully saturated rings. The van der Waals surface area contributed by atoms with Crippen LogP contribution in [-0.2, 0) is 0 Å². The molecule has 3 rings (SSSR count). The number of rotatable bonds is 1. The van der Waals surface area contributed by atoms with Crippen molar-refractivity contribution in [2.75, 3.05) is 0 Å². The summed E-state index contributed by atoms with van der Waals surface area (Å²) < 4.78 is 15.4. The highest BCUT2D eigenvalue weighted by molar-refractivity contribution is 7.71. The maximum atomic E-state index is 13.2. The summed E-state index contributed by atoms with van der Waals surface area (Å²) in [4.78, 5) is 7.29. The molecule has 0 amide bonds. The van der Waals surface area contributed by atoms with Crippen molar-refractivity contribution in [2.24, 2.45) is 0 Å². The number of imidazole rings is 1. The van der Waals surface area contributed by atoms with E-state index in [4.69, 9.17) is 12.2 Å². The van der Waals surface area contributed by atoms with Crippen LogP contribution < -0.4 is 0 Å². The van der Waals surface area contributed by atoms with Gasteiger partial charge < -0.3 is 4.98 Å². The highest BCUT2D eigenvalue weighted by Crippen LogP contribution is 2.17. The van der Waals surface area contributed by atoms with E-state index in [1.165, 1.54) is 12.1 Å². The number of nitrogens with zero attached hydrogens (tertiary/aromatic N) is 2. The Hall–Kier alpha value is -2.01. The Morgan fingerprint density at radius 3 is 2.94 bits per heavy atom. The average molecular weight is 245 g/mol. The third-order valence-corrected chi connectivity index (χ3v) is 2.79. The van der Waals surface area contributed by atoms with Crippen LogP contribution in [0, 0.1) is 10.6 Å². The monoisotopic (exact) mass is 245 g/mol. The molecule has 0 atom stereocenters. The molecule has 3 aromatic rings. The molecular weight excluding hydrogens is 237 g/mol. The zero-order valence-corrected chi connectivity index (χ0v) is 9.54. The van der Waals surface area contributed by atoms with Crippen molar-refractivity contribution >= 4 is 23.4 Å². The Labute approximate surface area is 102 Å². The molecule has 0 saturated heterocycles. The van der Waals surface area contributed by atoms with E-state index in [0.717, 1.165) is 5.52 Å². The van der Waals surface area contributed by atoms with Gasteiger partial charge in [-0.1, -0.05) is 6.07 Å². The SMILES string of the molecule is Fc1cccc(-n2c(=S)[nH]c3cccnc32)c1. The van der Waals surface area contributed by atoms with Gasteiger partial charge in [0, 0.05) is 6.20 Å². The van der Waals surface area contributed by atoms with E-state index >= 15 is 0 Å². The van der Waals surface area contributed by atoms with Crippen molar-refractivity contribution in [2.45, 2.75) is 0 Å². The number of hydrogen-bond donors (Lipinski definition) is 1. The second-order valence-electron chi connectivity index (χ2n) is 3.62. The van der Waals surface area contributed by atoms with Gasteiger partial charge in [0.2, 0.25) is 0 Å². The zero-order chi connectivity index (χ0) is 11.8. The van der Waals surface area contributed by atoms with Gasteiger partial charge in [-0.15, -0.1) is 0 Å². The maximum Gasteiger partial charge on any atom is 0.183 e. The van der Waals surface area contributed by atoms with Crippen molar-refractivity contribution in [1.82, 2.24) is 14.5 Å². The number of pyridine rings is 1. The molecule has 1 N–H and O–H groups in total. The van der Waals surface area contributed by atoms with Crippen molar-refractivity contribution < 1.29 is 4.39 Å². The van der Waals surface area contributed by atoms with Crippen molar-refractivity contribution in [1.29, 1.82) is 0 Å². The Morgan fingerprint density at radius 2 is 2.12 bits per heavy atom. The molecule has 0 aliphatic carbocycles. The minimum atomic E-state index is -0.297. The molecule has 1 aromatic carbocycles. The Kier molecular flexibility index (Phi) is 2.26. The fourth-order valence-electron chi connectivity index (χ4n) is 1.79. The largest absolute Gasteiger partial charge is 0.329 e. The molecular formula is C12H8FN3S. The Morgan fingerprint density at radius 1 is 1.24 bits per heavy atom. The summed E-state index contributed by atoms with van der Waals surface area (Å²) in [5, 5.41) is 0. The number of hydrogen-bond acceptors (Lipinski definition) is 2. The topological polar surface area (TPSA) is 33.6 Å². The second kappa shape index (κ2) is 3.78. The van der Waals surface area contributed by atoms with Gasteiger partial charge in [0.15, 0.2) is 10.4 Å². The van der Waals surface area contributed by atoms with Crippen LogP contribution in [0.25, 0.3) is 16.9 Å². The molecule has 0 bridgehead atoms. The first-order valence-electron chi connectivity index (χ1n) is 5.07. The van der Waals surface area contributed by atoms with Crippen molar-refractivity contribution in [3.63, 3.8) is 0 Å². The standard InChI is InChI=1S/C12H8FN3S/c13-8-3-1-4-9(7-8)16-11-10(15-12(16)17)5-2-6-14-11/h1-7H,(H,15,17). The van der Waals surface area contributed by atoms with Gasteiger partial charge in [0.25, 0.3) is 0 Å². The molecule has 0 saturated carbocycles. The third kappa shape index (κ3) is 1.64.